The Morgan fingerprint density at radius 2 is 2.21 bits per heavy atom. The zero-order chi connectivity index (χ0) is 10.4. The number of amides is 1. The van der Waals surface area contributed by atoms with Crippen molar-refractivity contribution in [1.29, 1.82) is 0 Å². The van der Waals surface area contributed by atoms with Gasteiger partial charge < -0.3 is 10.4 Å². The SMILES string of the molecule is CC(CO)CNC(=O)c1cncnc1. The molecule has 14 heavy (non-hydrogen) atoms. The van der Waals surface area contributed by atoms with Crippen molar-refractivity contribution in [3.8, 4) is 0 Å². The van der Waals surface area contributed by atoms with Gasteiger partial charge in [-0.25, -0.2) is 9.97 Å². The second-order valence-electron chi connectivity index (χ2n) is 3.12. The van der Waals surface area contributed by atoms with Crippen LogP contribution >= 0.6 is 0 Å². The largest absolute Gasteiger partial charge is 0.396 e. The van der Waals surface area contributed by atoms with Gasteiger partial charge in [-0.15, -0.1) is 0 Å². The molecular weight excluding hydrogens is 182 g/mol. The highest BCUT2D eigenvalue weighted by molar-refractivity contribution is 5.93. The maximum absolute atomic E-state index is 11.4. The number of aliphatic hydroxyl groups excluding tert-OH is 1. The van der Waals surface area contributed by atoms with E-state index in [4.69, 9.17) is 5.11 Å². The van der Waals surface area contributed by atoms with E-state index in [1.165, 1.54) is 18.7 Å². The van der Waals surface area contributed by atoms with Gasteiger partial charge in [-0.2, -0.15) is 0 Å². The molecule has 0 fully saturated rings. The van der Waals surface area contributed by atoms with Gasteiger partial charge in [-0.1, -0.05) is 6.92 Å². The molecule has 0 saturated heterocycles. The maximum atomic E-state index is 11.4. The average molecular weight is 195 g/mol. The Morgan fingerprint density at radius 3 is 2.79 bits per heavy atom. The van der Waals surface area contributed by atoms with Crippen molar-refractivity contribution in [3.05, 3.63) is 24.3 Å². The Bertz CT molecular complexity index is 289. The lowest BCUT2D eigenvalue weighted by atomic mass is 10.2. The molecule has 1 atom stereocenters. The predicted molar refractivity (Wildman–Crippen MR) is 50.6 cm³/mol. The lowest BCUT2D eigenvalue weighted by Crippen LogP contribution is -2.29. The van der Waals surface area contributed by atoms with Crippen LogP contribution in [0.4, 0.5) is 0 Å². The predicted octanol–water partition coefficient (Wildman–Crippen LogP) is -0.165. The molecule has 0 spiro atoms. The second kappa shape index (κ2) is 5.29. The number of hydrogen-bond donors (Lipinski definition) is 2. The van der Waals surface area contributed by atoms with E-state index >= 15 is 0 Å². The van der Waals surface area contributed by atoms with Gasteiger partial charge >= 0.3 is 0 Å². The van der Waals surface area contributed by atoms with Crippen molar-refractivity contribution in [1.82, 2.24) is 15.3 Å². The normalized spacial score (nSPS) is 12.1. The molecule has 0 aliphatic carbocycles. The number of hydrogen-bond acceptors (Lipinski definition) is 4. The van der Waals surface area contributed by atoms with E-state index < -0.39 is 0 Å². The Labute approximate surface area is 82.2 Å². The minimum Gasteiger partial charge on any atom is -0.396 e. The van der Waals surface area contributed by atoms with Crippen molar-refractivity contribution in [2.45, 2.75) is 6.92 Å². The summed E-state index contributed by atoms with van der Waals surface area (Å²) in [5.74, 6) is -0.158. The summed E-state index contributed by atoms with van der Waals surface area (Å²) in [4.78, 5) is 18.9. The van der Waals surface area contributed by atoms with Crippen molar-refractivity contribution in [2.75, 3.05) is 13.2 Å². The summed E-state index contributed by atoms with van der Waals surface area (Å²) in [6.45, 7) is 2.36. The highest BCUT2D eigenvalue weighted by Gasteiger charge is 2.06. The number of rotatable bonds is 4. The Kier molecular flexibility index (Phi) is 4.00. The third kappa shape index (κ3) is 3.10. The van der Waals surface area contributed by atoms with Gasteiger partial charge in [0.1, 0.15) is 6.33 Å². The smallest absolute Gasteiger partial charge is 0.254 e. The first-order chi connectivity index (χ1) is 6.74. The van der Waals surface area contributed by atoms with Crippen LogP contribution in [-0.4, -0.2) is 34.1 Å². The number of aliphatic hydroxyl groups is 1. The molecule has 76 valence electrons. The van der Waals surface area contributed by atoms with E-state index in [0.717, 1.165) is 0 Å². The fraction of sp³-hybridized carbons (Fsp3) is 0.444. The van der Waals surface area contributed by atoms with Crippen molar-refractivity contribution < 1.29 is 9.90 Å². The first kappa shape index (κ1) is 10.6. The van der Waals surface area contributed by atoms with Gasteiger partial charge in [-0.3, -0.25) is 4.79 Å². The van der Waals surface area contributed by atoms with E-state index in [0.29, 0.717) is 12.1 Å². The number of aromatic nitrogens is 2. The van der Waals surface area contributed by atoms with E-state index in [2.05, 4.69) is 15.3 Å². The van der Waals surface area contributed by atoms with Crippen molar-refractivity contribution in [2.24, 2.45) is 5.92 Å². The summed E-state index contributed by atoms with van der Waals surface area (Å²) in [6, 6.07) is 0. The standard InChI is InChI=1S/C9H13N3O2/c1-7(5-13)2-12-9(14)8-3-10-6-11-4-8/h3-4,6-7,13H,2,5H2,1H3,(H,12,14). The second-order valence-corrected chi connectivity index (χ2v) is 3.12. The highest BCUT2D eigenvalue weighted by Crippen LogP contribution is 1.94. The summed E-state index contributed by atoms with van der Waals surface area (Å²) < 4.78 is 0. The molecule has 1 unspecified atom stereocenters. The van der Waals surface area contributed by atoms with E-state index in [1.807, 2.05) is 6.92 Å². The molecular formula is C9H13N3O2. The fourth-order valence-corrected chi connectivity index (χ4v) is 0.850. The number of nitrogens with one attached hydrogen (secondary N) is 1. The van der Waals surface area contributed by atoms with Crippen LogP contribution in [0.2, 0.25) is 0 Å². The van der Waals surface area contributed by atoms with Gasteiger partial charge in [-0.05, 0) is 5.92 Å². The van der Waals surface area contributed by atoms with E-state index in [9.17, 15) is 4.79 Å². The van der Waals surface area contributed by atoms with Crippen LogP contribution in [0.3, 0.4) is 0 Å². The Morgan fingerprint density at radius 1 is 1.57 bits per heavy atom. The lowest BCUT2D eigenvalue weighted by molar-refractivity contribution is 0.0941. The minimum absolute atomic E-state index is 0.0589. The van der Waals surface area contributed by atoms with Gasteiger partial charge in [0.2, 0.25) is 0 Å². The number of carbonyl (C=O) groups is 1. The topological polar surface area (TPSA) is 75.1 Å². The van der Waals surface area contributed by atoms with Crippen LogP contribution in [0, 0.1) is 5.92 Å². The molecule has 1 aromatic heterocycles. The summed E-state index contributed by atoms with van der Waals surface area (Å²) in [5, 5.41) is 11.4. The molecule has 0 bridgehead atoms. The summed E-state index contributed by atoms with van der Waals surface area (Å²) in [6.07, 6.45) is 4.27. The molecule has 1 amide bonds. The number of carbonyl (C=O) groups excluding carboxylic acids is 1. The quantitative estimate of drug-likeness (QED) is 0.699. The first-order valence-electron chi connectivity index (χ1n) is 4.38. The van der Waals surface area contributed by atoms with Crippen LogP contribution in [0.15, 0.2) is 18.7 Å². The molecule has 0 aliphatic rings. The van der Waals surface area contributed by atoms with Gasteiger partial charge in [0, 0.05) is 25.5 Å². The fourth-order valence-electron chi connectivity index (χ4n) is 0.850. The van der Waals surface area contributed by atoms with Gasteiger partial charge in [0.25, 0.3) is 5.91 Å². The molecule has 5 nitrogen and oxygen atoms in total. The molecule has 1 heterocycles. The van der Waals surface area contributed by atoms with E-state index in [-0.39, 0.29) is 18.4 Å². The third-order valence-corrected chi connectivity index (χ3v) is 1.75. The highest BCUT2D eigenvalue weighted by atomic mass is 16.3. The molecule has 1 aromatic rings. The number of nitrogens with zero attached hydrogens (tertiary/aromatic N) is 2. The van der Waals surface area contributed by atoms with Gasteiger partial charge in [0.15, 0.2) is 0 Å². The van der Waals surface area contributed by atoms with Crippen molar-refractivity contribution in [3.63, 3.8) is 0 Å². The molecule has 5 heteroatoms. The summed E-state index contributed by atoms with van der Waals surface area (Å²) in [5.41, 5.74) is 0.428. The zero-order valence-corrected chi connectivity index (χ0v) is 7.97. The lowest BCUT2D eigenvalue weighted by Gasteiger charge is -2.08. The zero-order valence-electron chi connectivity index (χ0n) is 7.97. The van der Waals surface area contributed by atoms with Crippen molar-refractivity contribution >= 4 is 5.91 Å². The average Bonchev–Trinajstić information content (AvgIpc) is 2.26. The molecule has 0 aliphatic heterocycles. The van der Waals surface area contributed by atoms with Gasteiger partial charge in [0.05, 0.1) is 5.56 Å². The minimum atomic E-state index is -0.217. The molecule has 1 rings (SSSR count). The maximum Gasteiger partial charge on any atom is 0.254 e. The van der Waals surface area contributed by atoms with Crippen LogP contribution in [0.1, 0.15) is 17.3 Å². The van der Waals surface area contributed by atoms with Crippen LogP contribution in [0.5, 0.6) is 0 Å². The molecule has 0 radical (unpaired) electrons. The monoisotopic (exact) mass is 195 g/mol. The summed E-state index contributed by atoms with van der Waals surface area (Å²) in [7, 11) is 0. The van der Waals surface area contributed by atoms with Crippen LogP contribution in [0.25, 0.3) is 0 Å². The van der Waals surface area contributed by atoms with Crippen LogP contribution < -0.4 is 5.32 Å². The Balaban J connectivity index is 2.44. The Hall–Kier alpha value is -1.49. The van der Waals surface area contributed by atoms with Crippen LogP contribution in [-0.2, 0) is 0 Å². The molecule has 0 aromatic carbocycles. The summed E-state index contributed by atoms with van der Waals surface area (Å²) >= 11 is 0. The first-order valence-corrected chi connectivity index (χ1v) is 4.38. The molecule has 0 saturated carbocycles. The molecule has 2 N–H and O–H groups in total. The third-order valence-electron chi connectivity index (χ3n) is 1.75. The van der Waals surface area contributed by atoms with E-state index in [1.54, 1.807) is 0 Å².